The topological polar surface area (TPSA) is 75.6 Å². The van der Waals surface area contributed by atoms with Crippen molar-refractivity contribution < 1.29 is 19.4 Å². The first kappa shape index (κ1) is 18.0. The van der Waals surface area contributed by atoms with Crippen molar-refractivity contribution in [1.82, 2.24) is 5.32 Å². The van der Waals surface area contributed by atoms with Gasteiger partial charge in [-0.05, 0) is 37.5 Å². The Morgan fingerprint density at radius 1 is 1.23 bits per heavy atom. The third-order valence-corrected chi connectivity index (χ3v) is 3.60. The molecule has 0 saturated carbocycles. The number of amides is 1. The van der Waals surface area contributed by atoms with E-state index in [0.29, 0.717) is 13.0 Å². The molecule has 0 bridgehead atoms. The van der Waals surface area contributed by atoms with Crippen LogP contribution >= 0.6 is 0 Å². The van der Waals surface area contributed by atoms with E-state index in [1.807, 2.05) is 31.2 Å². The Balaban J connectivity index is 2.25. The Labute approximate surface area is 131 Å². The summed E-state index contributed by atoms with van der Waals surface area (Å²) in [7, 11) is 1.61. The number of carbonyl (C=O) groups excluding carboxylic acids is 1. The van der Waals surface area contributed by atoms with Gasteiger partial charge in [0.1, 0.15) is 5.75 Å². The van der Waals surface area contributed by atoms with Gasteiger partial charge in [-0.15, -0.1) is 0 Å². The van der Waals surface area contributed by atoms with E-state index in [1.165, 1.54) is 0 Å². The molecule has 0 saturated heterocycles. The number of nitrogens with one attached hydrogen (secondary N) is 1. The van der Waals surface area contributed by atoms with Crippen LogP contribution in [0.1, 0.15) is 50.5 Å². The molecule has 1 aromatic rings. The highest BCUT2D eigenvalue weighted by Crippen LogP contribution is 2.20. The van der Waals surface area contributed by atoms with E-state index in [4.69, 9.17) is 9.84 Å². The molecular formula is C17H25NO4. The first-order chi connectivity index (χ1) is 10.5. The zero-order valence-electron chi connectivity index (χ0n) is 13.3. The van der Waals surface area contributed by atoms with Crippen LogP contribution < -0.4 is 10.1 Å². The SMILES string of the molecule is COc1cccc(C(C)C(=O)NCCCCCCC(=O)O)c1. The number of carboxylic acids is 1. The van der Waals surface area contributed by atoms with Crippen molar-refractivity contribution in [2.24, 2.45) is 0 Å². The van der Waals surface area contributed by atoms with E-state index in [2.05, 4.69) is 5.32 Å². The monoisotopic (exact) mass is 307 g/mol. The van der Waals surface area contributed by atoms with Crippen LogP contribution in [0.25, 0.3) is 0 Å². The number of hydrogen-bond donors (Lipinski definition) is 2. The molecular weight excluding hydrogens is 282 g/mol. The number of unbranched alkanes of at least 4 members (excludes halogenated alkanes) is 3. The minimum atomic E-state index is -0.750. The van der Waals surface area contributed by atoms with Gasteiger partial charge in [0.2, 0.25) is 5.91 Å². The second kappa shape index (κ2) is 9.82. The van der Waals surface area contributed by atoms with Gasteiger partial charge in [-0.1, -0.05) is 25.0 Å². The zero-order chi connectivity index (χ0) is 16.4. The van der Waals surface area contributed by atoms with Crippen LogP contribution in [-0.4, -0.2) is 30.6 Å². The smallest absolute Gasteiger partial charge is 0.303 e. The van der Waals surface area contributed by atoms with Gasteiger partial charge in [-0.3, -0.25) is 9.59 Å². The molecule has 0 radical (unpaired) electrons. The number of carboxylic acid groups (broad SMARTS) is 1. The summed E-state index contributed by atoms with van der Waals surface area (Å²) in [5.74, 6) is -0.225. The Morgan fingerprint density at radius 2 is 1.95 bits per heavy atom. The van der Waals surface area contributed by atoms with Gasteiger partial charge >= 0.3 is 5.97 Å². The predicted molar refractivity (Wildman–Crippen MR) is 85.1 cm³/mol. The van der Waals surface area contributed by atoms with Crippen molar-refractivity contribution >= 4 is 11.9 Å². The first-order valence-corrected chi connectivity index (χ1v) is 7.68. The Bertz CT molecular complexity index is 487. The number of carbonyl (C=O) groups is 2. The van der Waals surface area contributed by atoms with Crippen LogP contribution in [0.3, 0.4) is 0 Å². The van der Waals surface area contributed by atoms with Crippen LogP contribution in [0.5, 0.6) is 5.75 Å². The molecule has 1 atom stereocenters. The lowest BCUT2D eigenvalue weighted by Crippen LogP contribution is -2.28. The lowest BCUT2D eigenvalue weighted by atomic mass is 10.00. The fraction of sp³-hybridized carbons (Fsp3) is 0.529. The first-order valence-electron chi connectivity index (χ1n) is 7.68. The summed E-state index contributed by atoms with van der Waals surface area (Å²) in [5.41, 5.74) is 0.929. The molecule has 1 amide bonds. The number of benzene rings is 1. The predicted octanol–water partition coefficient (Wildman–Crippen LogP) is 2.95. The largest absolute Gasteiger partial charge is 0.497 e. The molecule has 1 unspecified atom stereocenters. The van der Waals surface area contributed by atoms with E-state index in [9.17, 15) is 9.59 Å². The van der Waals surface area contributed by atoms with Gasteiger partial charge in [0.05, 0.1) is 13.0 Å². The molecule has 1 rings (SSSR count). The summed E-state index contributed by atoms with van der Waals surface area (Å²) in [4.78, 5) is 22.5. The van der Waals surface area contributed by atoms with Crippen molar-refractivity contribution in [2.75, 3.05) is 13.7 Å². The third-order valence-electron chi connectivity index (χ3n) is 3.60. The van der Waals surface area contributed by atoms with Crippen LogP contribution in [0.15, 0.2) is 24.3 Å². The van der Waals surface area contributed by atoms with Gasteiger partial charge in [0.25, 0.3) is 0 Å². The number of aliphatic carboxylic acids is 1. The Kier molecular flexibility index (Phi) is 8.04. The minimum Gasteiger partial charge on any atom is -0.497 e. The summed E-state index contributed by atoms with van der Waals surface area (Å²) >= 11 is 0. The second-order valence-corrected chi connectivity index (χ2v) is 5.35. The van der Waals surface area contributed by atoms with Crippen molar-refractivity contribution in [2.45, 2.75) is 44.9 Å². The molecule has 0 heterocycles. The van der Waals surface area contributed by atoms with Gasteiger partial charge in [0.15, 0.2) is 0 Å². The molecule has 0 aliphatic carbocycles. The fourth-order valence-corrected chi connectivity index (χ4v) is 2.18. The molecule has 0 aliphatic rings. The lowest BCUT2D eigenvalue weighted by Gasteiger charge is -2.13. The van der Waals surface area contributed by atoms with Crippen molar-refractivity contribution in [3.8, 4) is 5.75 Å². The molecule has 0 aliphatic heterocycles. The average Bonchev–Trinajstić information content (AvgIpc) is 2.52. The van der Waals surface area contributed by atoms with Crippen molar-refractivity contribution in [3.63, 3.8) is 0 Å². The molecule has 1 aromatic carbocycles. The van der Waals surface area contributed by atoms with Gasteiger partial charge in [-0.2, -0.15) is 0 Å². The van der Waals surface area contributed by atoms with Crippen molar-refractivity contribution in [1.29, 1.82) is 0 Å². The number of methoxy groups -OCH3 is 1. The maximum atomic E-state index is 12.1. The fourth-order valence-electron chi connectivity index (χ4n) is 2.18. The highest BCUT2D eigenvalue weighted by atomic mass is 16.5. The van der Waals surface area contributed by atoms with E-state index < -0.39 is 5.97 Å². The third kappa shape index (κ3) is 6.61. The number of rotatable bonds is 10. The van der Waals surface area contributed by atoms with Gasteiger partial charge in [-0.25, -0.2) is 0 Å². The zero-order valence-corrected chi connectivity index (χ0v) is 13.3. The summed E-state index contributed by atoms with van der Waals surface area (Å²) in [6, 6.07) is 7.51. The molecule has 0 aromatic heterocycles. The van der Waals surface area contributed by atoms with E-state index in [0.717, 1.165) is 30.6 Å². The molecule has 122 valence electrons. The number of hydrogen-bond acceptors (Lipinski definition) is 3. The van der Waals surface area contributed by atoms with E-state index in [1.54, 1.807) is 7.11 Å². The summed E-state index contributed by atoms with van der Waals surface area (Å²) < 4.78 is 5.16. The summed E-state index contributed by atoms with van der Waals surface area (Å²) in [5, 5.41) is 11.5. The van der Waals surface area contributed by atoms with Crippen LogP contribution in [0, 0.1) is 0 Å². The molecule has 0 fully saturated rings. The van der Waals surface area contributed by atoms with Crippen LogP contribution in [0.2, 0.25) is 0 Å². The van der Waals surface area contributed by atoms with E-state index in [-0.39, 0.29) is 18.2 Å². The van der Waals surface area contributed by atoms with Crippen molar-refractivity contribution in [3.05, 3.63) is 29.8 Å². The summed E-state index contributed by atoms with van der Waals surface area (Å²) in [6.07, 6.45) is 3.60. The highest BCUT2D eigenvalue weighted by Gasteiger charge is 2.14. The highest BCUT2D eigenvalue weighted by molar-refractivity contribution is 5.83. The maximum absolute atomic E-state index is 12.1. The molecule has 22 heavy (non-hydrogen) atoms. The quantitative estimate of drug-likeness (QED) is 0.652. The Morgan fingerprint density at radius 3 is 2.64 bits per heavy atom. The normalized spacial score (nSPS) is 11.7. The lowest BCUT2D eigenvalue weighted by molar-refractivity contribution is -0.137. The molecule has 0 spiro atoms. The molecule has 5 heteroatoms. The summed E-state index contributed by atoms with van der Waals surface area (Å²) in [6.45, 7) is 2.50. The average molecular weight is 307 g/mol. The number of ether oxygens (including phenoxy) is 1. The van der Waals surface area contributed by atoms with Crippen LogP contribution in [-0.2, 0) is 9.59 Å². The standard InChI is InChI=1S/C17H25NO4/c1-13(14-8-7-9-15(12-14)22-2)17(21)18-11-6-4-3-5-10-16(19)20/h7-9,12-13H,3-6,10-11H2,1-2H3,(H,18,21)(H,19,20). The maximum Gasteiger partial charge on any atom is 0.303 e. The van der Waals surface area contributed by atoms with Gasteiger partial charge < -0.3 is 15.2 Å². The Hall–Kier alpha value is -2.04. The molecule has 5 nitrogen and oxygen atoms in total. The van der Waals surface area contributed by atoms with E-state index >= 15 is 0 Å². The minimum absolute atomic E-state index is 0.00112. The second-order valence-electron chi connectivity index (χ2n) is 5.35. The van der Waals surface area contributed by atoms with Gasteiger partial charge in [0, 0.05) is 13.0 Å². The van der Waals surface area contributed by atoms with Crippen LogP contribution in [0.4, 0.5) is 0 Å². The molecule has 2 N–H and O–H groups in total.